The lowest BCUT2D eigenvalue weighted by atomic mass is 10.0. The monoisotopic (exact) mass is 214 g/mol. The van der Waals surface area contributed by atoms with Crippen molar-refractivity contribution >= 4 is 5.97 Å². The highest BCUT2D eigenvalue weighted by molar-refractivity contribution is 5.81. The van der Waals surface area contributed by atoms with Crippen LogP contribution >= 0.6 is 0 Å². The van der Waals surface area contributed by atoms with Crippen LogP contribution in [-0.2, 0) is 9.53 Å². The van der Waals surface area contributed by atoms with Crippen molar-refractivity contribution in [3.8, 4) is 0 Å². The zero-order valence-electron chi connectivity index (χ0n) is 10.3. The summed E-state index contributed by atoms with van der Waals surface area (Å²) in [6.45, 7) is 5.23. The molecule has 0 fully saturated rings. The highest BCUT2D eigenvalue weighted by Crippen LogP contribution is 2.02. The summed E-state index contributed by atoms with van der Waals surface area (Å²) in [6.07, 6.45) is 3.05. The predicted molar refractivity (Wildman–Crippen MR) is 61.5 cm³/mol. The minimum absolute atomic E-state index is 0.334. The largest absolute Gasteiger partial charge is 0.466 e. The first-order valence-electron chi connectivity index (χ1n) is 5.12. The number of rotatable bonds is 6. The molecule has 0 aliphatic heterocycles. The molecule has 0 saturated carbocycles. The van der Waals surface area contributed by atoms with Gasteiger partial charge in [-0.3, -0.25) is 0 Å². The van der Waals surface area contributed by atoms with Crippen LogP contribution in [-0.4, -0.2) is 44.7 Å². The minimum atomic E-state index is -0.338. The van der Waals surface area contributed by atoms with Crippen molar-refractivity contribution < 1.29 is 9.53 Å². The fraction of sp³-hybridized carbons (Fsp3) is 0.727. The third kappa shape index (κ3) is 6.96. The molecule has 0 saturated heterocycles. The number of nitrogens with one attached hydrogen (secondary N) is 1. The number of hydrogen-bond donors (Lipinski definition) is 1. The molecular formula is C11H22N2O2. The average molecular weight is 214 g/mol. The second-order valence-corrected chi connectivity index (χ2v) is 4.14. The van der Waals surface area contributed by atoms with E-state index in [-0.39, 0.29) is 5.97 Å². The van der Waals surface area contributed by atoms with Crippen molar-refractivity contribution in [1.82, 2.24) is 10.2 Å². The van der Waals surface area contributed by atoms with Crippen molar-refractivity contribution in [2.75, 3.05) is 27.7 Å². The first-order valence-corrected chi connectivity index (χ1v) is 5.12. The Bertz CT molecular complexity index is 213. The lowest BCUT2D eigenvalue weighted by Crippen LogP contribution is -2.39. The van der Waals surface area contributed by atoms with Gasteiger partial charge in [-0.1, -0.05) is 13.8 Å². The van der Waals surface area contributed by atoms with E-state index in [1.165, 1.54) is 13.2 Å². The maximum absolute atomic E-state index is 10.8. The van der Waals surface area contributed by atoms with Crippen molar-refractivity contribution in [3.05, 3.63) is 12.3 Å². The number of hydrogen-bond acceptors (Lipinski definition) is 4. The molecule has 0 rings (SSSR count). The van der Waals surface area contributed by atoms with Gasteiger partial charge >= 0.3 is 5.97 Å². The van der Waals surface area contributed by atoms with E-state index in [0.29, 0.717) is 12.0 Å². The van der Waals surface area contributed by atoms with Crippen LogP contribution in [0.1, 0.15) is 13.8 Å². The second kappa shape index (κ2) is 7.29. The van der Waals surface area contributed by atoms with E-state index >= 15 is 0 Å². The Morgan fingerprint density at radius 1 is 1.47 bits per heavy atom. The maximum Gasteiger partial charge on any atom is 0.331 e. The number of ether oxygens (including phenoxy) is 1. The summed E-state index contributed by atoms with van der Waals surface area (Å²) >= 11 is 0. The highest BCUT2D eigenvalue weighted by atomic mass is 16.5. The van der Waals surface area contributed by atoms with Gasteiger partial charge in [0.25, 0.3) is 0 Å². The van der Waals surface area contributed by atoms with E-state index in [1.807, 2.05) is 14.1 Å². The Kier molecular flexibility index (Phi) is 6.79. The molecule has 0 radical (unpaired) electrons. The van der Waals surface area contributed by atoms with Gasteiger partial charge in [0.05, 0.1) is 7.11 Å². The van der Waals surface area contributed by atoms with Crippen molar-refractivity contribution in [2.24, 2.45) is 5.92 Å². The van der Waals surface area contributed by atoms with Crippen LogP contribution in [0.15, 0.2) is 12.3 Å². The molecule has 4 nitrogen and oxygen atoms in total. The maximum atomic E-state index is 10.8. The fourth-order valence-corrected chi connectivity index (χ4v) is 1.16. The van der Waals surface area contributed by atoms with Crippen LogP contribution in [0.3, 0.4) is 0 Å². The number of carbonyl (C=O) groups is 1. The van der Waals surface area contributed by atoms with Crippen LogP contribution in [0.2, 0.25) is 0 Å². The van der Waals surface area contributed by atoms with Crippen molar-refractivity contribution in [2.45, 2.75) is 19.9 Å². The number of methoxy groups -OCH3 is 1. The average Bonchev–Trinajstić information content (AvgIpc) is 2.15. The van der Waals surface area contributed by atoms with Gasteiger partial charge in [0.15, 0.2) is 0 Å². The molecule has 1 atom stereocenters. The molecule has 1 N–H and O–H groups in total. The number of likely N-dealkylation sites (N-methyl/N-ethyl adjacent to an activating group) is 1. The molecule has 0 aromatic heterocycles. The van der Waals surface area contributed by atoms with E-state index in [9.17, 15) is 4.79 Å². The lowest BCUT2D eigenvalue weighted by molar-refractivity contribution is -0.134. The third-order valence-electron chi connectivity index (χ3n) is 2.10. The SMILES string of the molecule is COC(=O)/C=C/NC(CN(C)C)C(C)C. The van der Waals surface area contributed by atoms with Crippen LogP contribution in [0.4, 0.5) is 0 Å². The summed E-state index contributed by atoms with van der Waals surface area (Å²) in [5.41, 5.74) is 0. The lowest BCUT2D eigenvalue weighted by Gasteiger charge is -2.24. The number of carbonyl (C=O) groups excluding carboxylic acids is 1. The van der Waals surface area contributed by atoms with Crippen LogP contribution in [0.25, 0.3) is 0 Å². The van der Waals surface area contributed by atoms with E-state index < -0.39 is 0 Å². The van der Waals surface area contributed by atoms with Crippen LogP contribution in [0.5, 0.6) is 0 Å². The third-order valence-corrected chi connectivity index (χ3v) is 2.10. The topological polar surface area (TPSA) is 41.6 Å². The summed E-state index contributed by atoms with van der Waals surface area (Å²) < 4.78 is 4.50. The molecule has 0 bridgehead atoms. The van der Waals surface area contributed by atoms with E-state index in [1.54, 1.807) is 6.20 Å². The molecule has 0 aliphatic carbocycles. The van der Waals surface area contributed by atoms with Gasteiger partial charge in [0.2, 0.25) is 0 Å². The van der Waals surface area contributed by atoms with Gasteiger partial charge in [-0.25, -0.2) is 4.79 Å². The first-order chi connectivity index (χ1) is 6.97. The molecule has 15 heavy (non-hydrogen) atoms. The Labute approximate surface area is 92.3 Å². The molecule has 0 heterocycles. The van der Waals surface area contributed by atoms with Gasteiger partial charge in [-0.05, 0) is 20.0 Å². The zero-order valence-corrected chi connectivity index (χ0v) is 10.3. The van der Waals surface area contributed by atoms with Crippen molar-refractivity contribution in [1.29, 1.82) is 0 Å². The molecule has 4 heteroatoms. The Hall–Kier alpha value is -1.03. The zero-order chi connectivity index (χ0) is 11.8. The minimum Gasteiger partial charge on any atom is -0.466 e. The Morgan fingerprint density at radius 3 is 2.47 bits per heavy atom. The summed E-state index contributed by atoms with van der Waals surface area (Å²) in [4.78, 5) is 12.9. The van der Waals surface area contributed by atoms with E-state index in [4.69, 9.17) is 0 Å². The Morgan fingerprint density at radius 2 is 2.07 bits per heavy atom. The summed E-state index contributed by atoms with van der Waals surface area (Å²) in [5, 5.41) is 3.19. The normalized spacial score (nSPS) is 13.5. The molecule has 0 spiro atoms. The molecule has 0 aromatic carbocycles. The molecule has 0 aliphatic rings. The van der Waals surface area contributed by atoms with Crippen LogP contribution < -0.4 is 5.32 Å². The van der Waals surface area contributed by atoms with E-state index in [0.717, 1.165) is 6.54 Å². The first kappa shape index (κ1) is 14.0. The molecule has 0 amide bonds. The number of nitrogens with zero attached hydrogens (tertiary/aromatic N) is 1. The van der Waals surface area contributed by atoms with Crippen molar-refractivity contribution in [3.63, 3.8) is 0 Å². The van der Waals surface area contributed by atoms with Gasteiger partial charge in [-0.2, -0.15) is 0 Å². The summed E-state index contributed by atoms with van der Waals surface area (Å²) in [5.74, 6) is 0.171. The molecule has 88 valence electrons. The Balaban J connectivity index is 4.06. The second-order valence-electron chi connectivity index (χ2n) is 4.14. The highest BCUT2D eigenvalue weighted by Gasteiger charge is 2.11. The standard InChI is InChI=1S/C11H22N2O2/c1-9(2)10(8-13(3)4)12-7-6-11(14)15-5/h6-7,9-10,12H,8H2,1-5H3/b7-6+. The smallest absolute Gasteiger partial charge is 0.331 e. The van der Waals surface area contributed by atoms with Gasteiger partial charge in [0.1, 0.15) is 0 Å². The van der Waals surface area contributed by atoms with Gasteiger partial charge in [0, 0.05) is 24.9 Å². The van der Waals surface area contributed by atoms with Gasteiger partial charge in [-0.15, -0.1) is 0 Å². The molecular weight excluding hydrogens is 192 g/mol. The summed E-state index contributed by atoms with van der Waals surface area (Å²) in [6, 6.07) is 0.334. The van der Waals surface area contributed by atoms with Gasteiger partial charge < -0.3 is 15.0 Å². The van der Waals surface area contributed by atoms with E-state index in [2.05, 4.69) is 28.8 Å². The molecule has 1 unspecified atom stereocenters. The van der Waals surface area contributed by atoms with Crippen LogP contribution in [0, 0.1) is 5.92 Å². The quantitative estimate of drug-likeness (QED) is 0.526. The predicted octanol–water partition coefficient (Wildman–Crippen LogP) is 0.849. The number of esters is 1. The summed E-state index contributed by atoms with van der Waals surface area (Å²) in [7, 11) is 5.43. The fourth-order valence-electron chi connectivity index (χ4n) is 1.16. The molecule has 0 aromatic rings.